The number of esters is 1. The van der Waals surface area contributed by atoms with Crippen molar-refractivity contribution in [1.29, 1.82) is 0 Å². The molecule has 1 aromatic heterocycles. The van der Waals surface area contributed by atoms with E-state index in [9.17, 15) is 14.4 Å². The summed E-state index contributed by atoms with van der Waals surface area (Å²) in [6.45, 7) is 1.79. The molecule has 0 atom stereocenters. The van der Waals surface area contributed by atoms with E-state index in [1.54, 1.807) is 38.2 Å². The van der Waals surface area contributed by atoms with E-state index >= 15 is 0 Å². The van der Waals surface area contributed by atoms with E-state index in [0.717, 1.165) is 0 Å². The summed E-state index contributed by atoms with van der Waals surface area (Å²) in [4.78, 5) is 35.6. The Morgan fingerprint density at radius 3 is 2.50 bits per heavy atom. The van der Waals surface area contributed by atoms with E-state index in [4.69, 9.17) is 9.47 Å². The van der Waals surface area contributed by atoms with E-state index < -0.39 is 17.8 Å². The van der Waals surface area contributed by atoms with Crippen molar-refractivity contribution < 1.29 is 23.9 Å². The molecule has 0 saturated heterocycles. The highest BCUT2D eigenvalue weighted by atomic mass is 16.5. The number of hydrogen-bond donors (Lipinski definition) is 2. The molecule has 1 aromatic carbocycles. The van der Waals surface area contributed by atoms with Gasteiger partial charge in [-0.1, -0.05) is 0 Å². The number of amides is 2. The van der Waals surface area contributed by atoms with Crippen molar-refractivity contribution in [3.63, 3.8) is 0 Å². The van der Waals surface area contributed by atoms with Gasteiger partial charge >= 0.3 is 5.97 Å². The second kappa shape index (κ2) is 8.65. The minimum atomic E-state index is -0.470. The molecular formula is C17H20N4O5. The van der Waals surface area contributed by atoms with Crippen LogP contribution in [0.25, 0.3) is 0 Å². The summed E-state index contributed by atoms with van der Waals surface area (Å²) in [6, 6.07) is 6.26. The fourth-order valence-electron chi connectivity index (χ4n) is 2.14. The summed E-state index contributed by atoms with van der Waals surface area (Å²) in [5, 5.41) is 9.09. The van der Waals surface area contributed by atoms with Gasteiger partial charge in [0, 0.05) is 18.9 Å². The molecule has 0 aliphatic carbocycles. The molecule has 9 nitrogen and oxygen atoms in total. The minimum Gasteiger partial charge on any atom is -0.479 e. The van der Waals surface area contributed by atoms with Crippen molar-refractivity contribution in [2.75, 3.05) is 25.6 Å². The molecule has 2 rings (SSSR count). The first kappa shape index (κ1) is 19.0. The Morgan fingerprint density at radius 1 is 1.19 bits per heavy atom. The molecule has 9 heteroatoms. The van der Waals surface area contributed by atoms with Gasteiger partial charge in [0.1, 0.15) is 5.56 Å². The van der Waals surface area contributed by atoms with Gasteiger partial charge in [0.25, 0.3) is 5.91 Å². The molecule has 0 bridgehead atoms. The van der Waals surface area contributed by atoms with Crippen LogP contribution in [0.1, 0.15) is 27.6 Å². The third-order valence-corrected chi connectivity index (χ3v) is 3.32. The van der Waals surface area contributed by atoms with Crippen LogP contribution in [0.5, 0.6) is 5.88 Å². The van der Waals surface area contributed by atoms with Gasteiger partial charge in [-0.25, -0.2) is 4.79 Å². The van der Waals surface area contributed by atoms with Crippen LogP contribution in [0.2, 0.25) is 0 Å². The smallest absolute Gasteiger partial charge is 0.338 e. The second-order valence-corrected chi connectivity index (χ2v) is 5.25. The number of aryl methyl sites for hydroxylation is 1. The highest BCUT2D eigenvalue weighted by Crippen LogP contribution is 2.14. The minimum absolute atomic E-state index is 0.181. The topological polar surface area (TPSA) is 112 Å². The van der Waals surface area contributed by atoms with Crippen LogP contribution in [0.4, 0.5) is 5.69 Å². The molecule has 2 aromatic rings. The number of methoxy groups -OCH3 is 1. The summed E-state index contributed by atoms with van der Waals surface area (Å²) >= 11 is 0. The van der Waals surface area contributed by atoms with Crippen molar-refractivity contribution in [2.24, 2.45) is 7.05 Å². The van der Waals surface area contributed by atoms with Gasteiger partial charge in [-0.2, -0.15) is 0 Å². The predicted octanol–water partition coefficient (Wildman–Crippen LogP) is 0.974. The van der Waals surface area contributed by atoms with Crippen LogP contribution >= 0.6 is 0 Å². The lowest BCUT2D eigenvalue weighted by atomic mass is 10.2. The number of carbonyl (C=O) groups is 3. The zero-order valence-electron chi connectivity index (χ0n) is 14.7. The molecule has 0 fully saturated rings. The third kappa shape index (κ3) is 4.82. The molecule has 0 radical (unpaired) electrons. The number of anilines is 1. The Hall–Kier alpha value is -3.36. The summed E-state index contributed by atoms with van der Waals surface area (Å²) < 4.78 is 11.3. The van der Waals surface area contributed by atoms with Gasteiger partial charge in [-0.05, 0) is 31.2 Å². The molecule has 1 heterocycles. The Balaban J connectivity index is 1.88. The zero-order chi connectivity index (χ0) is 19.1. The van der Waals surface area contributed by atoms with Gasteiger partial charge in [0.2, 0.25) is 11.8 Å². The molecule has 26 heavy (non-hydrogen) atoms. The number of ether oxygens (including phenoxy) is 2. The number of nitrogens with zero attached hydrogens (tertiary/aromatic N) is 2. The van der Waals surface area contributed by atoms with E-state index in [1.165, 1.54) is 18.0 Å². The monoisotopic (exact) mass is 360 g/mol. The number of rotatable bonds is 7. The number of benzene rings is 1. The van der Waals surface area contributed by atoms with Crippen molar-refractivity contribution in [2.45, 2.75) is 6.92 Å². The summed E-state index contributed by atoms with van der Waals surface area (Å²) in [5.74, 6) is -1.13. The Morgan fingerprint density at radius 2 is 1.88 bits per heavy atom. The van der Waals surface area contributed by atoms with Crippen LogP contribution in [0.3, 0.4) is 0 Å². The summed E-state index contributed by atoms with van der Waals surface area (Å²) in [6.07, 6.45) is 1.50. The number of carbonyl (C=O) groups excluding carboxylic acids is 3. The molecule has 0 unspecified atom stereocenters. The lowest BCUT2D eigenvalue weighted by molar-refractivity contribution is -0.115. The van der Waals surface area contributed by atoms with Crippen molar-refractivity contribution in [1.82, 2.24) is 15.1 Å². The van der Waals surface area contributed by atoms with Crippen molar-refractivity contribution >= 4 is 23.5 Å². The average Bonchev–Trinajstić information content (AvgIpc) is 3.01. The van der Waals surface area contributed by atoms with Gasteiger partial charge in [0.05, 0.1) is 25.8 Å². The Kier molecular flexibility index (Phi) is 6.31. The quantitative estimate of drug-likeness (QED) is 0.712. The standard InChI is InChI=1S/C17H20N4O5/c1-4-26-17(24)11-5-7-12(8-6-11)19-14(22)9-18-15(23)13-10-21(2)20-16(13)25-3/h5-8,10H,4,9H2,1-3H3,(H,18,23)(H,19,22). The first-order chi connectivity index (χ1) is 12.4. The van der Waals surface area contributed by atoms with Crippen LogP contribution < -0.4 is 15.4 Å². The highest BCUT2D eigenvalue weighted by molar-refractivity contribution is 6.00. The first-order valence-corrected chi connectivity index (χ1v) is 7.87. The molecule has 2 amide bonds. The molecule has 0 aliphatic heterocycles. The molecule has 2 N–H and O–H groups in total. The molecule has 0 spiro atoms. The largest absolute Gasteiger partial charge is 0.479 e. The second-order valence-electron chi connectivity index (χ2n) is 5.25. The molecule has 138 valence electrons. The van der Waals surface area contributed by atoms with Crippen molar-refractivity contribution in [3.8, 4) is 5.88 Å². The lowest BCUT2D eigenvalue weighted by Gasteiger charge is -2.08. The summed E-state index contributed by atoms with van der Waals surface area (Å²) in [7, 11) is 3.07. The maximum Gasteiger partial charge on any atom is 0.338 e. The number of aromatic nitrogens is 2. The molecule has 0 saturated carbocycles. The van der Waals surface area contributed by atoms with E-state index in [-0.39, 0.29) is 18.0 Å². The van der Waals surface area contributed by atoms with E-state index in [1.807, 2.05) is 0 Å². The van der Waals surface area contributed by atoms with Crippen molar-refractivity contribution in [3.05, 3.63) is 41.6 Å². The highest BCUT2D eigenvalue weighted by Gasteiger charge is 2.17. The van der Waals surface area contributed by atoms with Crippen LogP contribution in [0.15, 0.2) is 30.5 Å². The number of hydrogen-bond acceptors (Lipinski definition) is 6. The average molecular weight is 360 g/mol. The zero-order valence-corrected chi connectivity index (χ0v) is 14.7. The Labute approximate surface area is 150 Å². The van der Waals surface area contributed by atoms with Crippen LogP contribution in [-0.2, 0) is 16.6 Å². The van der Waals surface area contributed by atoms with Gasteiger partial charge in [-0.3, -0.25) is 14.3 Å². The van der Waals surface area contributed by atoms with E-state index in [0.29, 0.717) is 17.9 Å². The normalized spacial score (nSPS) is 10.1. The first-order valence-electron chi connectivity index (χ1n) is 7.87. The summed E-state index contributed by atoms with van der Waals surface area (Å²) in [5.41, 5.74) is 1.12. The van der Waals surface area contributed by atoms with Crippen LogP contribution in [-0.4, -0.2) is 47.8 Å². The Bertz CT molecular complexity index is 798. The van der Waals surface area contributed by atoms with Crippen LogP contribution in [0, 0.1) is 0 Å². The molecular weight excluding hydrogens is 340 g/mol. The fourth-order valence-corrected chi connectivity index (χ4v) is 2.14. The fraction of sp³-hybridized carbons (Fsp3) is 0.294. The maximum atomic E-state index is 12.1. The van der Waals surface area contributed by atoms with Gasteiger partial charge in [0.15, 0.2) is 0 Å². The van der Waals surface area contributed by atoms with Gasteiger partial charge < -0.3 is 20.1 Å². The SMILES string of the molecule is CCOC(=O)c1ccc(NC(=O)CNC(=O)c2cn(C)nc2OC)cc1. The third-order valence-electron chi connectivity index (χ3n) is 3.32. The molecule has 0 aliphatic rings. The van der Waals surface area contributed by atoms with Gasteiger partial charge in [-0.15, -0.1) is 5.10 Å². The predicted molar refractivity (Wildman–Crippen MR) is 93.1 cm³/mol. The number of nitrogens with one attached hydrogen (secondary N) is 2. The lowest BCUT2D eigenvalue weighted by Crippen LogP contribution is -2.32. The maximum absolute atomic E-state index is 12.1. The van der Waals surface area contributed by atoms with E-state index in [2.05, 4.69) is 15.7 Å².